The fraction of sp³-hybridized carbons (Fsp3) is 0.167. The molecule has 0 unspecified atom stereocenters. The van der Waals surface area contributed by atoms with Gasteiger partial charge in [0.25, 0.3) is 5.91 Å². The molecular formula is C18H16N4OS2. The van der Waals surface area contributed by atoms with Gasteiger partial charge in [0, 0.05) is 22.8 Å². The number of rotatable bonds is 4. The third-order valence-electron chi connectivity index (χ3n) is 3.97. The summed E-state index contributed by atoms with van der Waals surface area (Å²) in [4.78, 5) is 23.1. The Hall–Kier alpha value is -2.51. The van der Waals surface area contributed by atoms with Crippen LogP contribution >= 0.6 is 22.7 Å². The van der Waals surface area contributed by atoms with E-state index in [9.17, 15) is 4.79 Å². The van der Waals surface area contributed by atoms with Gasteiger partial charge in [0.2, 0.25) is 0 Å². The molecule has 7 heteroatoms. The molecule has 0 aliphatic heterocycles. The molecule has 0 saturated carbocycles. The number of carbonyl (C=O) groups is 1. The number of imidazole rings is 1. The van der Waals surface area contributed by atoms with Crippen molar-refractivity contribution in [3.63, 3.8) is 0 Å². The average molecular weight is 368 g/mol. The lowest BCUT2D eigenvalue weighted by molar-refractivity contribution is 0.102. The summed E-state index contributed by atoms with van der Waals surface area (Å²) in [5, 5.41) is 5.49. The van der Waals surface area contributed by atoms with Crippen molar-refractivity contribution in [3.05, 3.63) is 58.2 Å². The standard InChI is InChI=1S/C18H16N4OS2/c1-3-13-10-24-17(19-13)21-16(23)15-11(2)22-9-14(20-18(22)25-15)12-7-5-4-6-8-12/h4-10H,3H2,1-2H3,(H,19,21,23). The van der Waals surface area contributed by atoms with E-state index in [-0.39, 0.29) is 5.91 Å². The predicted molar refractivity (Wildman–Crippen MR) is 103 cm³/mol. The maximum absolute atomic E-state index is 12.6. The number of hydrogen-bond acceptors (Lipinski definition) is 5. The number of fused-ring (bicyclic) bond motifs is 1. The zero-order valence-corrected chi connectivity index (χ0v) is 15.4. The summed E-state index contributed by atoms with van der Waals surface area (Å²) < 4.78 is 1.97. The minimum Gasteiger partial charge on any atom is -0.297 e. The Kier molecular flexibility index (Phi) is 4.10. The van der Waals surface area contributed by atoms with Crippen molar-refractivity contribution >= 4 is 38.7 Å². The molecule has 1 amide bonds. The van der Waals surface area contributed by atoms with Gasteiger partial charge in [-0.25, -0.2) is 9.97 Å². The molecule has 0 spiro atoms. The number of nitrogens with zero attached hydrogens (tertiary/aromatic N) is 3. The van der Waals surface area contributed by atoms with Crippen LogP contribution < -0.4 is 5.32 Å². The van der Waals surface area contributed by atoms with Gasteiger partial charge >= 0.3 is 0 Å². The normalized spacial score (nSPS) is 11.1. The molecular weight excluding hydrogens is 352 g/mol. The van der Waals surface area contributed by atoms with Gasteiger partial charge in [-0.05, 0) is 13.3 Å². The molecule has 0 fully saturated rings. The van der Waals surface area contributed by atoms with Crippen molar-refractivity contribution in [3.8, 4) is 11.3 Å². The lowest BCUT2D eigenvalue weighted by Crippen LogP contribution is -2.11. The van der Waals surface area contributed by atoms with Crippen molar-refractivity contribution in [2.75, 3.05) is 5.32 Å². The molecule has 0 radical (unpaired) electrons. The molecule has 0 aliphatic rings. The molecule has 3 heterocycles. The summed E-state index contributed by atoms with van der Waals surface area (Å²) in [5.41, 5.74) is 3.86. The quantitative estimate of drug-likeness (QED) is 0.571. The van der Waals surface area contributed by atoms with E-state index in [2.05, 4.69) is 15.3 Å². The van der Waals surface area contributed by atoms with Gasteiger partial charge < -0.3 is 0 Å². The van der Waals surface area contributed by atoms with E-state index < -0.39 is 0 Å². The summed E-state index contributed by atoms with van der Waals surface area (Å²) in [6.45, 7) is 3.98. The first-order chi connectivity index (χ1) is 12.2. The van der Waals surface area contributed by atoms with Crippen LogP contribution in [0.25, 0.3) is 16.2 Å². The van der Waals surface area contributed by atoms with Crippen LogP contribution in [0, 0.1) is 6.92 Å². The fourth-order valence-corrected chi connectivity index (χ4v) is 4.38. The van der Waals surface area contributed by atoms with Crippen LogP contribution in [-0.4, -0.2) is 20.3 Å². The minimum absolute atomic E-state index is 0.133. The largest absolute Gasteiger partial charge is 0.297 e. The van der Waals surface area contributed by atoms with Crippen molar-refractivity contribution in [1.82, 2.24) is 14.4 Å². The van der Waals surface area contributed by atoms with E-state index in [1.54, 1.807) is 0 Å². The first-order valence-electron chi connectivity index (χ1n) is 7.95. The third kappa shape index (κ3) is 2.96. The number of hydrogen-bond donors (Lipinski definition) is 1. The molecule has 4 aromatic rings. The summed E-state index contributed by atoms with van der Waals surface area (Å²) in [6.07, 6.45) is 2.84. The molecule has 4 rings (SSSR count). The first-order valence-corrected chi connectivity index (χ1v) is 9.65. The SMILES string of the molecule is CCc1csc(NC(=O)c2sc3nc(-c4ccccc4)cn3c2C)n1. The summed E-state index contributed by atoms with van der Waals surface area (Å²) >= 11 is 2.85. The molecule has 1 aromatic carbocycles. The highest BCUT2D eigenvalue weighted by Crippen LogP contribution is 2.28. The van der Waals surface area contributed by atoms with Crippen LogP contribution in [0.15, 0.2) is 41.9 Å². The maximum Gasteiger partial charge on any atom is 0.269 e. The zero-order valence-electron chi connectivity index (χ0n) is 13.8. The van der Waals surface area contributed by atoms with Gasteiger partial charge in [0.1, 0.15) is 4.88 Å². The summed E-state index contributed by atoms with van der Waals surface area (Å²) in [7, 11) is 0. The van der Waals surface area contributed by atoms with Gasteiger partial charge in [-0.3, -0.25) is 14.5 Å². The Morgan fingerprint density at radius 1 is 1.24 bits per heavy atom. The van der Waals surface area contributed by atoms with Gasteiger partial charge in [0.15, 0.2) is 10.1 Å². The van der Waals surface area contributed by atoms with Crippen LogP contribution in [-0.2, 0) is 6.42 Å². The smallest absolute Gasteiger partial charge is 0.269 e. The Bertz CT molecular complexity index is 1050. The Morgan fingerprint density at radius 2 is 2.04 bits per heavy atom. The molecule has 5 nitrogen and oxygen atoms in total. The van der Waals surface area contributed by atoms with E-state index >= 15 is 0 Å². The number of amides is 1. The van der Waals surface area contributed by atoms with Gasteiger partial charge in [-0.2, -0.15) is 0 Å². The Labute approximate surface area is 153 Å². The van der Waals surface area contributed by atoms with Crippen molar-refractivity contribution in [2.24, 2.45) is 0 Å². The van der Waals surface area contributed by atoms with Gasteiger partial charge in [-0.15, -0.1) is 11.3 Å². The zero-order chi connectivity index (χ0) is 17.4. The Balaban J connectivity index is 1.63. The molecule has 25 heavy (non-hydrogen) atoms. The van der Waals surface area contributed by atoms with Crippen LogP contribution in [0.4, 0.5) is 5.13 Å². The van der Waals surface area contributed by atoms with Gasteiger partial charge in [0.05, 0.1) is 11.4 Å². The first kappa shape index (κ1) is 16.0. The minimum atomic E-state index is -0.133. The van der Waals surface area contributed by atoms with Crippen LogP contribution in [0.3, 0.4) is 0 Å². The second kappa shape index (κ2) is 6.42. The summed E-state index contributed by atoms with van der Waals surface area (Å²) in [6, 6.07) is 10.0. The number of thiazole rings is 2. The number of aryl methyl sites for hydroxylation is 2. The molecule has 126 valence electrons. The number of benzene rings is 1. The highest BCUT2D eigenvalue weighted by Gasteiger charge is 2.19. The molecule has 0 bridgehead atoms. The molecule has 0 aliphatic carbocycles. The van der Waals surface area contributed by atoms with E-state index in [0.717, 1.165) is 34.0 Å². The topological polar surface area (TPSA) is 59.3 Å². The highest BCUT2D eigenvalue weighted by atomic mass is 32.1. The summed E-state index contributed by atoms with van der Waals surface area (Å²) in [5.74, 6) is -0.133. The number of anilines is 1. The number of nitrogens with one attached hydrogen (secondary N) is 1. The van der Waals surface area contributed by atoms with Crippen molar-refractivity contribution in [2.45, 2.75) is 20.3 Å². The van der Waals surface area contributed by atoms with Crippen molar-refractivity contribution in [1.29, 1.82) is 0 Å². The molecule has 0 saturated heterocycles. The lowest BCUT2D eigenvalue weighted by Gasteiger charge is -2.00. The monoisotopic (exact) mass is 368 g/mol. The van der Waals surface area contributed by atoms with E-state index in [4.69, 9.17) is 0 Å². The van der Waals surface area contributed by atoms with Crippen LogP contribution in [0.1, 0.15) is 28.0 Å². The molecule has 3 aromatic heterocycles. The second-order valence-electron chi connectivity index (χ2n) is 5.61. The average Bonchev–Trinajstić information content (AvgIpc) is 3.32. The second-order valence-corrected chi connectivity index (χ2v) is 7.45. The molecule has 1 N–H and O–H groups in total. The van der Waals surface area contributed by atoms with E-state index in [1.165, 1.54) is 22.7 Å². The lowest BCUT2D eigenvalue weighted by atomic mass is 10.2. The fourth-order valence-electron chi connectivity index (χ4n) is 2.59. The highest BCUT2D eigenvalue weighted by molar-refractivity contribution is 7.19. The van der Waals surface area contributed by atoms with Crippen LogP contribution in [0.5, 0.6) is 0 Å². The molecule has 0 atom stereocenters. The van der Waals surface area contributed by atoms with E-state index in [0.29, 0.717) is 10.0 Å². The van der Waals surface area contributed by atoms with E-state index in [1.807, 2.05) is 60.2 Å². The third-order valence-corrected chi connectivity index (χ3v) is 5.93. The number of carbonyl (C=O) groups excluding carboxylic acids is 1. The Morgan fingerprint density at radius 3 is 2.72 bits per heavy atom. The van der Waals surface area contributed by atoms with Gasteiger partial charge in [-0.1, -0.05) is 48.6 Å². The van der Waals surface area contributed by atoms with Crippen molar-refractivity contribution < 1.29 is 4.79 Å². The predicted octanol–water partition coefficient (Wildman–Crippen LogP) is 4.64. The number of aromatic nitrogens is 3. The van der Waals surface area contributed by atoms with Crippen LogP contribution in [0.2, 0.25) is 0 Å². The maximum atomic E-state index is 12.6.